The number of carbonyl (C=O) groups excluding carboxylic acids is 1. The number of allylic oxidation sites excluding steroid dienone is 3. The van der Waals surface area contributed by atoms with Gasteiger partial charge in [-0.2, -0.15) is 0 Å². The molecule has 3 atom stereocenters. The van der Waals surface area contributed by atoms with Crippen molar-refractivity contribution in [1.29, 1.82) is 0 Å². The van der Waals surface area contributed by atoms with Crippen LogP contribution in [0, 0.1) is 0 Å². The van der Waals surface area contributed by atoms with Crippen LogP contribution < -0.4 is 35.1 Å². The van der Waals surface area contributed by atoms with Gasteiger partial charge in [-0.15, -0.1) is 0 Å². The number of aryl methyl sites for hydroxylation is 1. The molecule has 0 aliphatic heterocycles. The number of aliphatic hydroxyl groups is 2. The van der Waals surface area contributed by atoms with Gasteiger partial charge in [0.15, 0.2) is 0 Å². The van der Waals surface area contributed by atoms with Gasteiger partial charge in [-0.1, -0.05) is 142 Å². The summed E-state index contributed by atoms with van der Waals surface area (Å²) in [5, 5.41) is 17.9. The monoisotopic (exact) mass is 727 g/mol. The SMILES string of the molecule is CC(O)COC(C)CO.CCCCCCC(=CC=Cc1ccccc1)C(C)(C=O)c1ccccc1CCCC.O=c1[nH]sc2ccccc12.[Na+].[OH-]. The Kier molecular flexibility index (Phi) is 26.5. The first-order chi connectivity index (χ1) is 23.7. The van der Waals surface area contributed by atoms with E-state index in [1.54, 1.807) is 13.8 Å². The van der Waals surface area contributed by atoms with Gasteiger partial charge in [0, 0.05) is 0 Å². The topological polar surface area (TPSA) is 130 Å². The average molecular weight is 728 g/mol. The van der Waals surface area contributed by atoms with Gasteiger partial charge in [0.1, 0.15) is 6.29 Å². The number of ether oxygens (including phenoxy) is 1. The average Bonchev–Trinajstić information content (AvgIpc) is 3.51. The molecule has 1 heterocycles. The maximum absolute atomic E-state index is 12.6. The third-order valence-electron chi connectivity index (χ3n) is 8.23. The number of aromatic amines is 1. The van der Waals surface area contributed by atoms with Crippen molar-refractivity contribution in [3.63, 3.8) is 0 Å². The van der Waals surface area contributed by atoms with E-state index in [-0.39, 0.29) is 53.3 Å². The third-order valence-corrected chi connectivity index (χ3v) is 9.09. The predicted octanol–water partition coefficient (Wildman–Crippen LogP) is 6.28. The first kappa shape index (κ1) is 48.3. The quantitative estimate of drug-likeness (QED) is 0.0509. The fourth-order valence-electron chi connectivity index (χ4n) is 5.28. The van der Waals surface area contributed by atoms with E-state index >= 15 is 0 Å². The van der Waals surface area contributed by atoms with E-state index in [4.69, 9.17) is 14.9 Å². The van der Waals surface area contributed by atoms with Crippen LogP contribution in [0.3, 0.4) is 0 Å². The largest absolute Gasteiger partial charge is 1.00 e. The van der Waals surface area contributed by atoms with E-state index < -0.39 is 11.5 Å². The number of hydrogen-bond acceptors (Lipinski definition) is 7. The molecule has 0 spiro atoms. The van der Waals surface area contributed by atoms with E-state index in [1.807, 2.05) is 30.3 Å². The molecular formula is C42H58NNaO6S. The molecule has 51 heavy (non-hydrogen) atoms. The minimum absolute atomic E-state index is 0. The fourth-order valence-corrected chi connectivity index (χ4v) is 6.01. The van der Waals surface area contributed by atoms with Gasteiger partial charge >= 0.3 is 29.6 Å². The number of aromatic nitrogens is 1. The molecule has 3 unspecified atom stereocenters. The minimum atomic E-state index is -0.586. The molecule has 0 fully saturated rings. The van der Waals surface area contributed by atoms with Crippen LogP contribution in [-0.2, 0) is 21.4 Å². The van der Waals surface area contributed by atoms with Crippen molar-refractivity contribution in [3.8, 4) is 0 Å². The number of H-pyrrole nitrogens is 1. The second-order valence-corrected chi connectivity index (χ2v) is 13.4. The summed E-state index contributed by atoms with van der Waals surface area (Å²) in [4.78, 5) is 23.5. The molecule has 0 radical (unpaired) electrons. The van der Waals surface area contributed by atoms with Gasteiger partial charge in [0.2, 0.25) is 0 Å². The summed E-state index contributed by atoms with van der Waals surface area (Å²) in [5.41, 5.74) is 4.29. The van der Waals surface area contributed by atoms with Crippen LogP contribution in [-0.4, -0.2) is 51.8 Å². The van der Waals surface area contributed by atoms with Crippen molar-refractivity contribution in [2.24, 2.45) is 0 Å². The summed E-state index contributed by atoms with van der Waals surface area (Å²) < 4.78 is 8.64. The molecule has 4 rings (SSSR count). The van der Waals surface area contributed by atoms with Gasteiger partial charge in [0.05, 0.1) is 40.9 Å². The summed E-state index contributed by atoms with van der Waals surface area (Å²) in [6.07, 6.45) is 16.1. The molecule has 4 N–H and O–H groups in total. The van der Waals surface area contributed by atoms with Gasteiger partial charge in [0.25, 0.3) is 5.56 Å². The summed E-state index contributed by atoms with van der Waals surface area (Å²) in [5.74, 6) is 0. The summed E-state index contributed by atoms with van der Waals surface area (Å²) in [7, 11) is 0. The molecule has 0 aliphatic rings. The normalized spacial score (nSPS) is 13.4. The maximum Gasteiger partial charge on any atom is 1.00 e. The zero-order valence-corrected chi connectivity index (χ0v) is 34.3. The predicted molar refractivity (Wildman–Crippen MR) is 209 cm³/mol. The van der Waals surface area contributed by atoms with Crippen LogP contribution in [0.4, 0.5) is 0 Å². The molecule has 4 aromatic rings. The number of fused-ring (bicyclic) bond motifs is 1. The second kappa shape index (κ2) is 27.9. The maximum atomic E-state index is 12.6. The molecule has 0 saturated heterocycles. The van der Waals surface area contributed by atoms with Crippen molar-refractivity contribution in [2.45, 2.75) is 104 Å². The number of aldehydes is 1. The molecule has 9 heteroatoms. The van der Waals surface area contributed by atoms with Crippen molar-refractivity contribution in [1.82, 2.24) is 4.37 Å². The Morgan fingerprint density at radius 2 is 1.57 bits per heavy atom. The van der Waals surface area contributed by atoms with Crippen LogP contribution in [0.25, 0.3) is 16.2 Å². The Morgan fingerprint density at radius 3 is 2.20 bits per heavy atom. The smallest absolute Gasteiger partial charge is 0.870 e. The minimum Gasteiger partial charge on any atom is -0.870 e. The molecular weight excluding hydrogens is 670 g/mol. The number of nitrogens with one attached hydrogen (secondary N) is 1. The molecule has 0 amide bonds. The van der Waals surface area contributed by atoms with E-state index in [0.717, 1.165) is 42.2 Å². The molecule has 3 aromatic carbocycles. The van der Waals surface area contributed by atoms with E-state index in [2.05, 4.69) is 91.9 Å². The van der Waals surface area contributed by atoms with Crippen LogP contribution in [0.1, 0.15) is 96.3 Å². The zero-order valence-electron chi connectivity index (χ0n) is 31.5. The Balaban J connectivity index is 0.000000967. The fraction of sp³-hybridized carbons (Fsp3) is 0.429. The van der Waals surface area contributed by atoms with Gasteiger partial charge in [-0.25, -0.2) is 0 Å². The number of aliphatic hydroxyl groups excluding tert-OH is 2. The first-order valence-electron chi connectivity index (χ1n) is 17.6. The van der Waals surface area contributed by atoms with Crippen LogP contribution in [0.2, 0.25) is 0 Å². The molecule has 274 valence electrons. The summed E-state index contributed by atoms with van der Waals surface area (Å²) in [6.45, 7) is 10.3. The van der Waals surface area contributed by atoms with E-state index in [9.17, 15) is 9.59 Å². The third kappa shape index (κ3) is 17.6. The number of carbonyl (C=O) groups is 1. The Hall–Kier alpha value is -2.66. The Labute approximate surface area is 331 Å². The molecule has 7 nitrogen and oxygen atoms in total. The second-order valence-electron chi connectivity index (χ2n) is 12.6. The van der Waals surface area contributed by atoms with Gasteiger partial charge in [-0.05, 0) is 75.3 Å². The summed E-state index contributed by atoms with van der Waals surface area (Å²) in [6, 6.07) is 26.4. The Morgan fingerprint density at radius 1 is 0.922 bits per heavy atom. The van der Waals surface area contributed by atoms with E-state index in [0.29, 0.717) is 6.61 Å². The van der Waals surface area contributed by atoms with E-state index in [1.165, 1.54) is 59.3 Å². The number of benzene rings is 3. The molecule has 0 aliphatic carbocycles. The van der Waals surface area contributed by atoms with Crippen molar-refractivity contribution in [3.05, 3.63) is 124 Å². The molecule has 0 saturated carbocycles. The standard InChI is InChI=1S/C29H38O.C7H5NOS.C6H14O3.Na.H2O/c1-4-6-8-12-21-27(22-15-18-25-16-10-9-11-17-25)29(3,24-30)28-23-14-13-20-26(28)19-7-5-2;9-7-5-3-1-2-4-6(5)10-8-7;1-5(8)4-9-6(2)3-7;;/h9-11,13-18,20,22-24H,4-8,12,19,21H2,1-3H3;1-4H,(H,8,9);5-8H,3-4H2,1-2H3;;1H2/q;;;+1;/p-1. The Bertz CT molecular complexity index is 1600. The number of rotatable bonds is 17. The summed E-state index contributed by atoms with van der Waals surface area (Å²) >= 11 is 1.38. The van der Waals surface area contributed by atoms with Crippen molar-refractivity contribution in [2.75, 3.05) is 13.2 Å². The number of hydrogen-bond donors (Lipinski definition) is 3. The first-order valence-corrected chi connectivity index (χ1v) is 18.5. The molecule has 0 bridgehead atoms. The molecule has 1 aromatic heterocycles. The van der Waals surface area contributed by atoms with Crippen LogP contribution in [0.15, 0.2) is 101 Å². The van der Waals surface area contributed by atoms with Crippen LogP contribution >= 0.6 is 11.5 Å². The van der Waals surface area contributed by atoms with Crippen molar-refractivity contribution < 1.29 is 54.8 Å². The zero-order chi connectivity index (χ0) is 35.9. The van der Waals surface area contributed by atoms with Gasteiger partial charge < -0.3 is 25.2 Å². The van der Waals surface area contributed by atoms with Gasteiger partial charge in [-0.3, -0.25) is 9.17 Å². The van der Waals surface area contributed by atoms with Crippen molar-refractivity contribution >= 4 is 34.0 Å². The number of unbranched alkanes of at least 4 members (excludes halogenated alkanes) is 4. The van der Waals surface area contributed by atoms with Crippen LogP contribution in [0.5, 0.6) is 0 Å².